The van der Waals surface area contributed by atoms with Crippen molar-refractivity contribution in [1.82, 2.24) is 4.98 Å². The number of hydrogen-bond acceptors (Lipinski definition) is 3. The summed E-state index contributed by atoms with van der Waals surface area (Å²) in [6, 6.07) is 13.5. The highest BCUT2D eigenvalue weighted by Gasteiger charge is 2.30. The van der Waals surface area contributed by atoms with E-state index in [9.17, 15) is 22.8 Å². The molecule has 2 aromatic carbocycles. The lowest BCUT2D eigenvalue weighted by molar-refractivity contribution is -0.137. The number of aromatic nitrogens is 1. The Bertz CT molecular complexity index is 970. The zero-order valence-electron chi connectivity index (χ0n) is 14.3. The molecule has 1 aromatic heterocycles. The summed E-state index contributed by atoms with van der Waals surface area (Å²) < 4.78 is 37.7. The Kier molecular flexibility index (Phi) is 5.39. The number of benzene rings is 2. The molecule has 28 heavy (non-hydrogen) atoms. The van der Waals surface area contributed by atoms with Crippen molar-refractivity contribution in [3.05, 3.63) is 89.7 Å². The van der Waals surface area contributed by atoms with Crippen LogP contribution in [0.15, 0.2) is 73.1 Å². The molecule has 1 heterocycles. The fourth-order valence-electron chi connectivity index (χ4n) is 2.35. The Labute approximate surface area is 158 Å². The van der Waals surface area contributed by atoms with Crippen LogP contribution in [0.1, 0.15) is 26.3 Å². The molecule has 0 aliphatic carbocycles. The monoisotopic (exact) mass is 385 g/mol. The molecule has 0 fully saturated rings. The molecule has 0 radical (unpaired) electrons. The maximum Gasteiger partial charge on any atom is 0.416 e. The third kappa shape index (κ3) is 4.73. The third-order valence-electron chi connectivity index (χ3n) is 3.80. The first-order valence-corrected chi connectivity index (χ1v) is 8.13. The standard InChI is InChI=1S/C20H14F3N3O2/c21-20(22,23)15-5-3-13(4-6-15)18(27)25-16-7-9-17(10-8-16)26-19(28)14-2-1-11-24-12-14/h1-12H,(H,25,27)(H,26,28). The minimum absolute atomic E-state index is 0.0990. The first-order valence-electron chi connectivity index (χ1n) is 8.13. The zero-order chi connectivity index (χ0) is 20.1. The molecule has 8 heteroatoms. The van der Waals surface area contributed by atoms with Crippen molar-refractivity contribution in [2.24, 2.45) is 0 Å². The third-order valence-corrected chi connectivity index (χ3v) is 3.80. The van der Waals surface area contributed by atoms with Crippen LogP contribution >= 0.6 is 0 Å². The smallest absolute Gasteiger partial charge is 0.322 e. The minimum Gasteiger partial charge on any atom is -0.322 e. The van der Waals surface area contributed by atoms with Gasteiger partial charge >= 0.3 is 6.18 Å². The van der Waals surface area contributed by atoms with Crippen LogP contribution in [0.3, 0.4) is 0 Å². The summed E-state index contributed by atoms with van der Waals surface area (Å²) in [7, 11) is 0. The first kappa shape index (κ1) is 19.1. The second-order valence-electron chi connectivity index (χ2n) is 5.80. The quantitative estimate of drug-likeness (QED) is 0.689. The van der Waals surface area contributed by atoms with Crippen molar-refractivity contribution >= 4 is 23.2 Å². The predicted molar refractivity (Wildman–Crippen MR) is 98.0 cm³/mol. The van der Waals surface area contributed by atoms with Gasteiger partial charge in [0.2, 0.25) is 0 Å². The summed E-state index contributed by atoms with van der Waals surface area (Å²) in [5, 5.41) is 5.28. The fourth-order valence-corrected chi connectivity index (χ4v) is 2.35. The van der Waals surface area contributed by atoms with Crippen LogP contribution in [0.4, 0.5) is 24.5 Å². The van der Waals surface area contributed by atoms with Gasteiger partial charge in [0.25, 0.3) is 11.8 Å². The van der Waals surface area contributed by atoms with Crippen LogP contribution in [0.2, 0.25) is 0 Å². The van der Waals surface area contributed by atoms with Gasteiger partial charge in [-0.1, -0.05) is 0 Å². The van der Waals surface area contributed by atoms with Crippen molar-refractivity contribution in [3.8, 4) is 0 Å². The molecule has 142 valence electrons. The molecule has 0 bridgehead atoms. The summed E-state index contributed by atoms with van der Waals surface area (Å²) in [6.07, 6.45) is -1.45. The van der Waals surface area contributed by atoms with Crippen molar-refractivity contribution < 1.29 is 22.8 Å². The molecule has 2 N–H and O–H groups in total. The highest BCUT2D eigenvalue weighted by molar-refractivity contribution is 6.05. The van der Waals surface area contributed by atoms with Crippen molar-refractivity contribution in [1.29, 1.82) is 0 Å². The predicted octanol–water partition coefficient (Wildman–Crippen LogP) is 4.61. The fraction of sp³-hybridized carbons (Fsp3) is 0.0500. The van der Waals surface area contributed by atoms with Gasteiger partial charge in [-0.25, -0.2) is 0 Å². The van der Waals surface area contributed by atoms with Crippen LogP contribution in [0.25, 0.3) is 0 Å². The van der Waals surface area contributed by atoms with Crippen LogP contribution in [-0.2, 0) is 6.18 Å². The number of amides is 2. The van der Waals surface area contributed by atoms with E-state index < -0.39 is 17.6 Å². The van der Waals surface area contributed by atoms with Crippen LogP contribution in [0.5, 0.6) is 0 Å². The number of hydrogen-bond donors (Lipinski definition) is 2. The number of pyridine rings is 1. The van der Waals surface area contributed by atoms with Gasteiger partial charge in [-0.3, -0.25) is 14.6 Å². The van der Waals surface area contributed by atoms with Gasteiger partial charge in [0.1, 0.15) is 0 Å². The molecule has 0 unspecified atom stereocenters. The van der Waals surface area contributed by atoms with Crippen LogP contribution in [-0.4, -0.2) is 16.8 Å². The number of carbonyl (C=O) groups excluding carboxylic acids is 2. The highest BCUT2D eigenvalue weighted by atomic mass is 19.4. The lowest BCUT2D eigenvalue weighted by Gasteiger charge is -2.09. The number of nitrogens with zero attached hydrogens (tertiary/aromatic N) is 1. The van der Waals surface area contributed by atoms with E-state index in [2.05, 4.69) is 15.6 Å². The Balaban J connectivity index is 1.62. The highest BCUT2D eigenvalue weighted by Crippen LogP contribution is 2.29. The Morgan fingerprint density at radius 1 is 0.750 bits per heavy atom. The lowest BCUT2D eigenvalue weighted by atomic mass is 10.1. The normalized spacial score (nSPS) is 11.0. The van der Waals surface area contributed by atoms with Gasteiger partial charge < -0.3 is 10.6 Å². The summed E-state index contributed by atoms with van der Waals surface area (Å²) in [5.41, 5.74) is 0.632. The van der Waals surface area contributed by atoms with E-state index in [1.165, 1.54) is 6.20 Å². The molecule has 3 rings (SSSR count). The van der Waals surface area contributed by atoms with E-state index in [4.69, 9.17) is 0 Å². The maximum absolute atomic E-state index is 12.6. The van der Waals surface area contributed by atoms with Crippen molar-refractivity contribution in [2.45, 2.75) is 6.18 Å². The Morgan fingerprint density at radius 2 is 1.29 bits per heavy atom. The van der Waals surface area contributed by atoms with E-state index >= 15 is 0 Å². The van der Waals surface area contributed by atoms with Gasteiger partial charge in [0.05, 0.1) is 11.1 Å². The molecule has 0 saturated carbocycles. The van der Waals surface area contributed by atoms with E-state index in [1.54, 1.807) is 42.6 Å². The molecule has 0 spiro atoms. The molecule has 0 aliphatic heterocycles. The molecular weight excluding hydrogens is 371 g/mol. The minimum atomic E-state index is -4.45. The largest absolute Gasteiger partial charge is 0.416 e. The molecule has 2 amide bonds. The number of anilines is 2. The summed E-state index contributed by atoms with van der Waals surface area (Å²) >= 11 is 0. The first-order chi connectivity index (χ1) is 13.3. The maximum atomic E-state index is 12.6. The lowest BCUT2D eigenvalue weighted by Crippen LogP contribution is -2.14. The van der Waals surface area contributed by atoms with E-state index in [0.29, 0.717) is 16.9 Å². The van der Waals surface area contributed by atoms with Crippen molar-refractivity contribution in [2.75, 3.05) is 10.6 Å². The number of rotatable bonds is 4. The number of nitrogens with one attached hydrogen (secondary N) is 2. The Morgan fingerprint density at radius 3 is 1.75 bits per heavy atom. The topological polar surface area (TPSA) is 71.1 Å². The van der Waals surface area contributed by atoms with Crippen LogP contribution in [0, 0.1) is 0 Å². The van der Waals surface area contributed by atoms with Crippen molar-refractivity contribution in [3.63, 3.8) is 0 Å². The number of alkyl halides is 3. The van der Waals surface area contributed by atoms with E-state index in [1.807, 2.05) is 0 Å². The zero-order valence-corrected chi connectivity index (χ0v) is 14.3. The van der Waals surface area contributed by atoms with Crippen LogP contribution < -0.4 is 10.6 Å². The number of halogens is 3. The van der Waals surface area contributed by atoms with Gasteiger partial charge in [0.15, 0.2) is 0 Å². The molecule has 3 aromatic rings. The second kappa shape index (κ2) is 7.91. The molecule has 5 nitrogen and oxygen atoms in total. The SMILES string of the molecule is O=C(Nc1ccc(NC(=O)c2cccnc2)cc1)c1ccc(C(F)(F)F)cc1. The molecule has 0 aliphatic rings. The van der Waals surface area contributed by atoms with Gasteiger partial charge in [0, 0.05) is 29.3 Å². The summed E-state index contributed by atoms with van der Waals surface area (Å²) in [6.45, 7) is 0. The van der Waals surface area contributed by atoms with E-state index in [-0.39, 0.29) is 11.5 Å². The molecular formula is C20H14F3N3O2. The van der Waals surface area contributed by atoms with Gasteiger partial charge in [-0.05, 0) is 60.7 Å². The molecule has 0 saturated heterocycles. The summed E-state index contributed by atoms with van der Waals surface area (Å²) in [5.74, 6) is -0.865. The van der Waals surface area contributed by atoms with E-state index in [0.717, 1.165) is 24.3 Å². The summed E-state index contributed by atoms with van der Waals surface area (Å²) in [4.78, 5) is 28.1. The average Bonchev–Trinajstić information content (AvgIpc) is 2.69. The van der Waals surface area contributed by atoms with Gasteiger partial charge in [-0.2, -0.15) is 13.2 Å². The van der Waals surface area contributed by atoms with Gasteiger partial charge in [-0.15, -0.1) is 0 Å². The second-order valence-corrected chi connectivity index (χ2v) is 5.80. The average molecular weight is 385 g/mol. The number of carbonyl (C=O) groups is 2. The Hall–Kier alpha value is -3.68. The molecule has 0 atom stereocenters.